The van der Waals surface area contributed by atoms with Crippen LogP contribution in [0, 0.1) is 5.82 Å². The van der Waals surface area contributed by atoms with E-state index in [-0.39, 0.29) is 23.8 Å². The maximum absolute atomic E-state index is 14.2. The Hall–Kier alpha value is -3.51. The number of carbonyl (C=O) groups is 2. The summed E-state index contributed by atoms with van der Waals surface area (Å²) < 4.78 is 62.7. The predicted molar refractivity (Wildman–Crippen MR) is 163 cm³/mol. The standard InChI is InChI=1S/C32H40F4N4O3Si/c1-8-17-40-29-26(24(38-40)19-43-44(6,7)31(3,4)5)25(20-13-15-23(33)16-14-20)27(30(42)39(29)9-2)37-28(41)21-11-10-12-22(18-21)32(34,35)36/h10-16,18,25,27H,8-9,17,19H2,1-7H3,(H,37,41)/t25-,27-/m1/s1. The van der Waals surface area contributed by atoms with Gasteiger partial charge in [-0.15, -0.1) is 0 Å². The summed E-state index contributed by atoms with van der Waals surface area (Å²) in [4.78, 5) is 29.2. The summed E-state index contributed by atoms with van der Waals surface area (Å²) in [7, 11) is -2.24. The summed E-state index contributed by atoms with van der Waals surface area (Å²) in [5.74, 6) is -1.98. The van der Waals surface area contributed by atoms with Crippen LogP contribution in [0.2, 0.25) is 18.1 Å². The van der Waals surface area contributed by atoms with E-state index in [1.54, 1.807) is 28.6 Å². The molecule has 238 valence electrons. The van der Waals surface area contributed by atoms with E-state index in [0.29, 0.717) is 29.2 Å². The average Bonchev–Trinajstić information content (AvgIpc) is 3.29. The molecule has 0 bridgehead atoms. The minimum atomic E-state index is -4.64. The Balaban J connectivity index is 1.88. The lowest BCUT2D eigenvalue weighted by atomic mass is 9.81. The Kier molecular flexibility index (Phi) is 9.46. The van der Waals surface area contributed by atoms with E-state index in [2.05, 4.69) is 39.2 Å². The van der Waals surface area contributed by atoms with Gasteiger partial charge < -0.3 is 9.74 Å². The first-order valence-electron chi connectivity index (χ1n) is 14.8. The number of likely N-dealkylation sites (N-methyl/N-ethyl adjacent to an activating group) is 1. The van der Waals surface area contributed by atoms with E-state index in [1.165, 1.54) is 18.2 Å². The number of hydrogen-bond donors (Lipinski definition) is 1. The van der Waals surface area contributed by atoms with Crippen molar-refractivity contribution in [3.8, 4) is 0 Å². The first kappa shape index (κ1) is 33.4. The minimum Gasteiger partial charge on any atom is -0.411 e. The zero-order valence-electron chi connectivity index (χ0n) is 26.2. The summed E-state index contributed by atoms with van der Waals surface area (Å²) >= 11 is 0. The van der Waals surface area contributed by atoms with Crippen molar-refractivity contribution >= 4 is 25.9 Å². The summed E-state index contributed by atoms with van der Waals surface area (Å²) in [6.45, 7) is 15.4. The molecule has 0 spiro atoms. The molecule has 1 aliphatic rings. The molecule has 2 atom stereocenters. The Morgan fingerprint density at radius 1 is 1.07 bits per heavy atom. The van der Waals surface area contributed by atoms with Crippen LogP contribution in [0.1, 0.15) is 79.7 Å². The van der Waals surface area contributed by atoms with Crippen LogP contribution < -0.4 is 10.2 Å². The third kappa shape index (κ3) is 6.61. The molecule has 44 heavy (non-hydrogen) atoms. The van der Waals surface area contributed by atoms with Crippen molar-refractivity contribution in [2.45, 2.75) is 90.5 Å². The van der Waals surface area contributed by atoms with E-state index in [4.69, 9.17) is 9.52 Å². The number of anilines is 1. The molecule has 1 aliphatic heterocycles. The van der Waals surface area contributed by atoms with Crippen molar-refractivity contribution in [2.24, 2.45) is 0 Å². The van der Waals surface area contributed by atoms with Gasteiger partial charge in [0.15, 0.2) is 8.32 Å². The summed E-state index contributed by atoms with van der Waals surface area (Å²) in [6, 6.07) is 8.52. The number of alkyl halides is 3. The zero-order valence-corrected chi connectivity index (χ0v) is 27.2. The number of fused-ring (bicyclic) bond motifs is 1. The smallest absolute Gasteiger partial charge is 0.411 e. The van der Waals surface area contributed by atoms with Crippen LogP contribution in [0.4, 0.5) is 23.4 Å². The van der Waals surface area contributed by atoms with Crippen LogP contribution in [0.25, 0.3) is 0 Å². The third-order valence-corrected chi connectivity index (χ3v) is 13.0. The van der Waals surface area contributed by atoms with E-state index < -0.39 is 49.6 Å². The van der Waals surface area contributed by atoms with Crippen molar-refractivity contribution in [2.75, 3.05) is 11.4 Å². The van der Waals surface area contributed by atoms with Gasteiger partial charge in [0.25, 0.3) is 11.8 Å². The molecule has 0 saturated carbocycles. The molecule has 2 amide bonds. The summed E-state index contributed by atoms with van der Waals surface area (Å²) in [6.07, 6.45) is -3.91. The first-order chi connectivity index (χ1) is 20.5. The van der Waals surface area contributed by atoms with Crippen molar-refractivity contribution in [3.05, 3.63) is 82.3 Å². The number of nitrogens with one attached hydrogen (secondary N) is 1. The normalized spacial score (nSPS) is 17.5. The number of hydrogen-bond acceptors (Lipinski definition) is 4. The molecule has 1 N–H and O–H groups in total. The average molecular weight is 633 g/mol. The van der Waals surface area contributed by atoms with Crippen molar-refractivity contribution < 1.29 is 31.6 Å². The van der Waals surface area contributed by atoms with E-state index in [1.807, 2.05) is 6.92 Å². The van der Waals surface area contributed by atoms with E-state index in [9.17, 15) is 27.2 Å². The molecule has 2 aromatic carbocycles. The molecule has 1 aromatic heterocycles. The lowest BCUT2D eigenvalue weighted by Gasteiger charge is -2.39. The molecule has 7 nitrogen and oxygen atoms in total. The van der Waals surface area contributed by atoms with Crippen molar-refractivity contribution in [3.63, 3.8) is 0 Å². The number of amides is 2. The van der Waals surface area contributed by atoms with Crippen LogP contribution in [0.3, 0.4) is 0 Å². The van der Waals surface area contributed by atoms with E-state index >= 15 is 0 Å². The fourth-order valence-corrected chi connectivity index (χ4v) is 6.11. The van der Waals surface area contributed by atoms with Crippen LogP contribution in [0.15, 0.2) is 48.5 Å². The number of rotatable bonds is 9. The minimum absolute atomic E-state index is 0.0811. The maximum atomic E-state index is 14.2. The van der Waals surface area contributed by atoms with Crippen LogP contribution >= 0.6 is 0 Å². The molecule has 4 rings (SSSR count). The molecule has 0 aliphatic carbocycles. The quantitative estimate of drug-likeness (QED) is 0.199. The first-order valence-corrected chi connectivity index (χ1v) is 17.7. The van der Waals surface area contributed by atoms with Gasteiger partial charge in [-0.05, 0) is 67.4 Å². The highest BCUT2D eigenvalue weighted by molar-refractivity contribution is 6.74. The Labute approximate surface area is 256 Å². The van der Waals surface area contributed by atoms with Gasteiger partial charge in [-0.2, -0.15) is 18.3 Å². The molecular formula is C32H40F4N4O3Si. The van der Waals surface area contributed by atoms with Crippen LogP contribution in [0.5, 0.6) is 0 Å². The van der Waals surface area contributed by atoms with Crippen molar-refractivity contribution in [1.82, 2.24) is 15.1 Å². The van der Waals surface area contributed by atoms with Gasteiger partial charge in [-0.3, -0.25) is 14.5 Å². The molecule has 12 heteroatoms. The lowest BCUT2D eigenvalue weighted by molar-refractivity contribution is -0.137. The molecular weight excluding hydrogens is 592 g/mol. The number of benzene rings is 2. The van der Waals surface area contributed by atoms with Gasteiger partial charge in [0.1, 0.15) is 17.7 Å². The lowest BCUT2D eigenvalue weighted by Crippen LogP contribution is -2.55. The number of aryl methyl sites for hydroxylation is 1. The number of carbonyl (C=O) groups excluding carboxylic acids is 2. The Bertz CT molecular complexity index is 1510. The largest absolute Gasteiger partial charge is 0.416 e. The second-order valence-corrected chi connectivity index (χ2v) is 17.4. The fourth-order valence-electron chi connectivity index (χ4n) is 5.18. The Morgan fingerprint density at radius 3 is 2.30 bits per heavy atom. The van der Waals surface area contributed by atoms with Crippen molar-refractivity contribution in [1.29, 1.82) is 0 Å². The highest BCUT2D eigenvalue weighted by Crippen LogP contribution is 2.44. The molecule has 0 unspecified atom stereocenters. The molecule has 0 saturated heterocycles. The highest BCUT2D eigenvalue weighted by Gasteiger charge is 2.46. The predicted octanol–water partition coefficient (Wildman–Crippen LogP) is 7.27. The van der Waals surface area contributed by atoms with E-state index in [0.717, 1.165) is 24.6 Å². The highest BCUT2D eigenvalue weighted by atomic mass is 28.4. The molecule has 2 heterocycles. The SMILES string of the molecule is CCCn1nc(CO[Si](C)(C)C(C)(C)C)c2c1N(CC)C(=O)[C@H](NC(=O)c1cccc(C(F)(F)F)c1)[C@@H]2c1ccc(F)cc1. The van der Waals surface area contributed by atoms with Gasteiger partial charge in [-0.1, -0.05) is 45.9 Å². The fraction of sp³-hybridized carbons (Fsp3) is 0.469. The summed E-state index contributed by atoms with van der Waals surface area (Å²) in [5.41, 5.74) is 0.605. The van der Waals surface area contributed by atoms with Crippen LogP contribution in [-0.4, -0.2) is 42.5 Å². The molecule has 0 fully saturated rings. The van der Waals surface area contributed by atoms with Gasteiger partial charge in [0.05, 0.1) is 17.9 Å². The second kappa shape index (κ2) is 12.5. The van der Waals surface area contributed by atoms with Gasteiger partial charge in [0, 0.05) is 30.1 Å². The monoisotopic (exact) mass is 632 g/mol. The summed E-state index contributed by atoms with van der Waals surface area (Å²) in [5, 5.41) is 7.57. The number of nitrogens with zero attached hydrogens (tertiary/aromatic N) is 3. The maximum Gasteiger partial charge on any atom is 0.416 e. The number of aromatic nitrogens is 2. The van der Waals surface area contributed by atoms with Crippen LogP contribution in [-0.2, 0) is 28.5 Å². The van der Waals surface area contributed by atoms with Gasteiger partial charge >= 0.3 is 6.18 Å². The second-order valence-electron chi connectivity index (χ2n) is 12.6. The van der Waals surface area contributed by atoms with Gasteiger partial charge in [0.2, 0.25) is 0 Å². The molecule has 3 aromatic rings. The molecule has 0 radical (unpaired) electrons. The zero-order chi connectivity index (χ0) is 32.6. The Morgan fingerprint density at radius 2 is 1.73 bits per heavy atom. The van der Waals surface area contributed by atoms with Gasteiger partial charge in [-0.25, -0.2) is 9.07 Å². The number of halogens is 4. The third-order valence-electron chi connectivity index (χ3n) is 8.57. The topological polar surface area (TPSA) is 76.5 Å².